The normalized spacial score (nSPS) is 20.9. The zero-order chi connectivity index (χ0) is 11.8. The van der Waals surface area contributed by atoms with Crippen molar-refractivity contribution in [3.05, 3.63) is 35.6 Å². The van der Waals surface area contributed by atoms with E-state index in [0.717, 1.165) is 12.6 Å². The monoisotopic (exact) mass is 239 g/mol. The van der Waals surface area contributed by atoms with Crippen molar-refractivity contribution in [1.29, 1.82) is 0 Å². The average molecular weight is 239 g/mol. The molecule has 1 aliphatic rings. The number of halogens is 2. The van der Waals surface area contributed by atoms with Gasteiger partial charge in [0.25, 0.3) is 0 Å². The van der Waals surface area contributed by atoms with E-state index in [2.05, 4.69) is 5.32 Å². The zero-order valence-corrected chi connectivity index (χ0v) is 9.00. The lowest BCUT2D eigenvalue weighted by Gasteiger charge is -2.24. The van der Waals surface area contributed by atoms with Gasteiger partial charge in [0, 0.05) is 19.2 Å². The van der Waals surface area contributed by atoms with Crippen LogP contribution in [0.1, 0.15) is 11.7 Å². The molecule has 17 heavy (non-hydrogen) atoms. The van der Waals surface area contributed by atoms with E-state index in [-0.39, 0.29) is 11.0 Å². The first-order valence-electron chi connectivity index (χ1n) is 5.45. The lowest BCUT2D eigenvalue weighted by atomic mass is 10.0. The largest absolute Gasteiger partial charge is 0.464 e. The minimum atomic E-state index is -0.626. The molecule has 1 atom stereocenters. The van der Waals surface area contributed by atoms with E-state index in [0.29, 0.717) is 18.7 Å². The van der Waals surface area contributed by atoms with Crippen LogP contribution in [-0.2, 0) is 4.74 Å². The summed E-state index contributed by atoms with van der Waals surface area (Å²) in [5, 5.41) is 3.39. The first kappa shape index (κ1) is 10.7. The predicted molar refractivity (Wildman–Crippen MR) is 57.7 cm³/mol. The van der Waals surface area contributed by atoms with Gasteiger partial charge in [-0.05, 0) is 6.07 Å². The van der Waals surface area contributed by atoms with Gasteiger partial charge in [-0.1, -0.05) is 0 Å². The Hall–Kier alpha value is -1.46. The molecule has 1 saturated heterocycles. The molecule has 1 N–H and O–H groups in total. The molecule has 1 aromatic carbocycles. The lowest BCUT2D eigenvalue weighted by Crippen LogP contribution is -2.33. The molecular formula is C12H11F2NO2. The maximum Gasteiger partial charge on any atom is 0.145 e. The Morgan fingerprint density at radius 1 is 1.29 bits per heavy atom. The Labute approximate surface area is 96.4 Å². The number of morpholine rings is 1. The van der Waals surface area contributed by atoms with Gasteiger partial charge in [-0.25, -0.2) is 8.78 Å². The first-order valence-corrected chi connectivity index (χ1v) is 5.45. The van der Waals surface area contributed by atoms with Crippen LogP contribution in [0.4, 0.5) is 8.78 Å². The quantitative estimate of drug-likeness (QED) is 0.829. The van der Waals surface area contributed by atoms with Crippen molar-refractivity contribution in [2.45, 2.75) is 6.10 Å². The van der Waals surface area contributed by atoms with Crippen molar-refractivity contribution in [1.82, 2.24) is 5.32 Å². The van der Waals surface area contributed by atoms with Gasteiger partial charge in [-0.15, -0.1) is 0 Å². The Bertz CT molecular complexity index is 547. The lowest BCUT2D eigenvalue weighted by molar-refractivity contribution is 0.0259. The molecule has 3 rings (SSSR count). The van der Waals surface area contributed by atoms with Gasteiger partial charge < -0.3 is 14.5 Å². The summed E-state index contributed by atoms with van der Waals surface area (Å²) < 4.78 is 38.0. The molecule has 1 unspecified atom stereocenters. The second-order valence-electron chi connectivity index (χ2n) is 3.98. The molecule has 2 aromatic rings. The molecule has 0 saturated carbocycles. The molecule has 0 aliphatic carbocycles. The number of fused-ring (bicyclic) bond motifs is 1. The Morgan fingerprint density at radius 2 is 2.18 bits per heavy atom. The molecule has 0 amide bonds. The summed E-state index contributed by atoms with van der Waals surface area (Å²) in [5.41, 5.74) is 0.523. The van der Waals surface area contributed by atoms with E-state index in [1.165, 1.54) is 12.3 Å². The molecule has 1 aliphatic heterocycles. The highest BCUT2D eigenvalue weighted by molar-refractivity contribution is 5.81. The van der Waals surface area contributed by atoms with Crippen molar-refractivity contribution in [3.63, 3.8) is 0 Å². The average Bonchev–Trinajstić information content (AvgIpc) is 2.79. The molecule has 1 aromatic heterocycles. The summed E-state index contributed by atoms with van der Waals surface area (Å²) in [6.45, 7) is 1.74. The summed E-state index contributed by atoms with van der Waals surface area (Å²) in [5.74, 6) is -1.24. The number of benzene rings is 1. The zero-order valence-electron chi connectivity index (χ0n) is 9.00. The Morgan fingerprint density at radius 3 is 2.94 bits per heavy atom. The van der Waals surface area contributed by atoms with E-state index >= 15 is 0 Å². The highest BCUT2D eigenvalue weighted by Crippen LogP contribution is 2.32. The van der Waals surface area contributed by atoms with Crippen LogP contribution in [0.5, 0.6) is 0 Å². The van der Waals surface area contributed by atoms with E-state index in [1.54, 1.807) is 0 Å². The van der Waals surface area contributed by atoms with Gasteiger partial charge in [0.2, 0.25) is 0 Å². The van der Waals surface area contributed by atoms with Crippen molar-refractivity contribution in [3.8, 4) is 0 Å². The predicted octanol–water partition coefficient (Wildman–Crippen LogP) is 2.37. The van der Waals surface area contributed by atoms with Crippen LogP contribution in [0.15, 0.2) is 22.8 Å². The van der Waals surface area contributed by atoms with E-state index < -0.39 is 17.7 Å². The van der Waals surface area contributed by atoms with Crippen LogP contribution in [0.2, 0.25) is 0 Å². The highest BCUT2D eigenvalue weighted by Gasteiger charge is 2.25. The number of rotatable bonds is 1. The van der Waals surface area contributed by atoms with Gasteiger partial charge in [0.05, 0.1) is 23.8 Å². The molecule has 0 radical (unpaired) electrons. The van der Waals surface area contributed by atoms with Gasteiger partial charge in [-0.2, -0.15) is 0 Å². The third kappa shape index (κ3) is 1.71. The molecule has 0 bridgehead atoms. The number of hydrogen-bond acceptors (Lipinski definition) is 3. The molecule has 1 fully saturated rings. The standard InChI is InChI=1S/C12H11F2NO2/c13-8-5-9(14)11(10-6-15-2-4-16-10)12-7(8)1-3-17-12/h1,3,5,10,15H,2,4,6H2. The minimum Gasteiger partial charge on any atom is -0.464 e. The van der Waals surface area contributed by atoms with Crippen LogP contribution in [0, 0.1) is 11.6 Å². The smallest absolute Gasteiger partial charge is 0.145 e. The molecule has 3 nitrogen and oxygen atoms in total. The summed E-state index contributed by atoms with van der Waals surface area (Å²) in [6, 6.07) is 2.37. The fourth-order valence-electron chi connectivity index (χ4n) is 2.13. The number of furan rings is 1. The Balaban J connectivity index is 2.16. The van der Waals surface area contributed by atoms with Crippen LogP contribution in [0.3, 0.4) is 0 Å². The molecule has 0 spiro atoms. The maximum absolute atomic E-state index is 13.8. The molecule has 5 heteroatoms. The van der Waals surface area contributed by atoms with Gasteiger partial charge >= 0.3 is 0 Å². The van der Waals surface area contributed by atoms with Crippen LogP contribution >= 0.6 is 0 Å². The Kier molecular flexibility index (Phi) is 2.57. The van der Waals surface area contributed by atoms with Crippen molar-refractivity contribution >= 4 is 11.0 Å². The number of hydrogen-bond donors (Lipinski definition) is 1. The molecule has 90 valence electrons. The van der Waals surface area contributed by atoms with Crippen LogP contribution in [-0.4, -0.2) is 19.7 Å². The summed E-state index contributed by atoms with van der Waals surface area (Å²) in [4.78, 5) is 0. The fourth-order valence-corrected chi connectivity index (χ4v) is 2.13. The third-order valence-electron chi connectivity index (χ3n) is 2.93. The SMILES string of the molecule is Fc1cc(F)c2ccoc2c1C1CNCCO1. The third-order valence-corrected chi connectivity index (χ3v) is 2.93. The molecule has 2 heterocycles. The van der Waals surface area contributed by atoms with Gasteiger partial charge in [0.1, 0.15) is 23.3 Å². The van der Waals surface area contributed by atoms with Crippen LogP contribution in [0.25, 0.3) is 11.0 Å². The summed E-state index contributed by atoms with van der Waals surface area (Å²) in [6.07, 6.45) is 0.922. The van der Waals surface area contributed by atoms with Crippen molar-refractivity contribution < 1.29 is 17.9 Å². The first-order chi connectivity index (χ1) is 8.27. The highest BCUT2D eigenvalue weighted by atomic mass is 19.1. The number of nitrogens with one attached hydrogen (secondary N) is 1. The van der Waals surface area contributed by atoms with E-state index in [4.69, 9.17) is 9.15 Å². The second-order valence-corrected chi connectivity index (χ2v) is 3.98. The van der Waals surface area contributed by atoms with Crippen molar-refractivity contribution in [2.75, 3.05) is 19.7 Å². The maximum atomic E-state index is 13.8. The molecular weight excluding hydrogens is 228 g/mol. The fraction of sp³-hybridized carbons (Fsp3) is 0.333. The van der Waals surface area contributed by atoms with E-state index in [1.807, 2.05) is 0 Å². The number of ether oxygens (including phenoxy) is 1. The second kappa shape index (κ2) is 4.09. The minimum absolute atomic E-state index is 0.233. The van der Waals surface area contributed by atoms with Gasteiger partial charge in [0.15, 0.2) is 0 Å². The van der Waals surface area contributed by atoms with Crippen molar-refractivity contribution in [2.24, 2.45) is 0 Å². The van der Waals surface area contributed by atoms with Crippen LogP contribution < -0.4 is 5.32 Å². The topological polar surface area (TPSA) is 34.4 Å². The summed E-state index contributed by atoms with van der Waals surface area (Å²) >= 11 is 0. The van der Waals surface area contributed by atoms with Gasteiger partial charge in [-0.3, -0.25) is 0 Å². The summed E-state index contributed by atoms with van der Waals surface area (Å²) in [7, 11) is 0. The van der Waals surface area contributed by atoms with E-state index in [9.17, 15) is 8.78 Å².